The lowest BCUT2D eigenvalue weighted by atomic mass is 10.1. The molecule has 1 aromatic rings. The Bertz CT molecular complexity index is 1260. The van der Waals surface area contributed by atoms with Crippen molar-refractivity contribution in [2.75, 3.05) is 68.1 Å². The highest BCUT2D eigenvalue weighted by Crippen LogP contribution is 2.26. The van der Waals surface area contributed by atoms with Gasteiger partial charge in [-0.1, -0.05) is 0 Å². The molecule has 14 nitrogen and oxygen atoms in total. The minimum absolute atomic E-state index is 0.0451. The highest BCUT2D eigenvalue weighted by atomic mass is 19.1. The van der Waals surface area contributed by atoms with E-state index in [0.29, 0.717) is 6.42 Å². The van der Waals surface area contributed by atoms with Crippen molar-refractivity contribution < 1.29 is 42.6 Å². The van der Waals surface area contributed by atoms with E-state index in [4.69, 9.17) is 4.74 Å². The molecule has 0 radical (unpaired) electrons. The summed E-state index contributed by atoms with van der Waals surface area (Å²) >= 11 is 0. The molecule has 2 N–H and O–H groups in total. The van der Waals surface area contributed by atoms with Crippen molar-refractivity contribution in [3.63, 3.8) is 0 Å². The molecule has 242 valence electrons. The number of benzene rings is 1. The standard InChI is InChI=1S/C29H41FN6O8/c1-33(2)15-24(37)32-19-13-20-17-44-23-8-6-18(30)12-21(23)29(42)35(4)22(28(41)31-11-10-27(40)43-5)7-9-25(38)34(3)16-26(39)36(20)14-19/h6,8,12,19-20,22H,7,9-11,13-17H2,1-5H3,(H,31,41)(H,32,37)/t19-,20-,22-/m0/s1. The second-order valence-corrected chi connectivity index (χ2v) is 11.2. The summed E-state index contributed by atoms with van der Waals surface area (Å²) in [5, 5.41) is 5.51. The lowest BCUT2D eigenvalue weighted by Crippen LogP contribution is -2.49. The summed E-state index contributed by atoms with van der Waals surface area (Å²) in [6.45, 7) is -0.0210. The summed E-state index contributed by atoms with van der Waals surface area (Å²) in [7, 11) is 7.57. The number of hydrogen-bond donors (Lipinski definition) is 2. The minimum atomic E-state index is -1.16. The van der Waals surface area contributed by atoms with E-state index in [0.717, 1.165) is 17.0 Å². The Hall–Kier alpha value is -4.27. The molecule has 44 heavy (non-hydrogen) atoms. The van der Waals surface area contributed by atoms with Gasteiger partial charge in [0.15, 0.2) is 0 Å². The van der Waals surface area contributed by atoms with Crippen molar-refractivity contribution in [1.82, 2.24) is 30.2 Å². The summed E-state index contributed by atoms with van der Waals surface area (Å²) in [6, 6.07) is 1.39. The van der Waals surface area contributed by atoms with Gasteiger partial charge in [-0.3, -0.25) is 28.8 Å². The third kappa shape index (κ3) is 9.11. The van der Waals surface area contributed by atoms with Crippen LogP contribution in [0, 0.1) is 5.82 Å². The van der Waals surface area contributed by atoms with Gasteiger partial charge in [-0.05, 0) is 45.1 Å². The first-order chi connectivity index (χ1) is 20.8. The minimum Gasteiger partial charge on any atom is -0.491 e. The van der Waals surface area contributed by atoms with Crippen molar-refractivity contribution in [2.45, 2.75) is 43.8 Å². The number of carbonyl (C=O) groups is 6. The molecule has 2 heterocycles. The molecule has 0 bridgehead atoms. The number of halogens is 1. The number of fused-ring (bicyclic) bond motifs is 2. The molecule has 0 saturated carbocycles. The molecule has 1 saturated heterocycles. The van der Waals surface area contributed by atoms with Crippen molar-refractivity contribution in [1.29, 1.82) is 0 Å². The highest BCUT2D eigenvalue weighted by molar-refractivity contribution is 5.99. The second kappa shape index (κ2) is 15.5. The normalized spacial score (nSPS) is 21.6. The molecule has 0 spiro atoms. The Morgan fingerprint density at radius 3 is 2.55 bits per heavy atom. The molecule has 5 amide bonds. The van der Waals surface area contributed by atoms with Crippen LogP contribution >= 0.6 is 0 Å². The van der Waals surface area contributed by atoms with E-state index in [1.54, 1.807) is 23.9 Å². The number of likely N-dealkylation sites (N-methyl/N-ethyl adjacent to an activating group) is 3. The van der Waals surface area contributed by atoms with E-state index in [1.807, 2.05) is 0 Å². The number of nitrogens with zero attached hydrogens (tertiary/aromatic N) is 4. The maximum atomic E-state index is 14.4. The Morgan fingerprint density at radius 2 is 1.86 bits per heavy atom. The van der Waals surface area contributed by atoms with Crippen LogP contribution < -0.4 is 15.4 Å². The quantitative estimate of drug-likeness (QED) is 0.374. The van der Waals surface area contributed by atoms with Gasteiger partial charge in [0, 0.05) is 39.6 Å². The third-order valence-electron chi connectivity index (χ3n) is 7.54. The average Bonchev–Trinajstić information content (AvgIpc) is 3.37. The van der Waals surface area contributed by atoms with Gasteiger partial charge >= 0.3 is 5.97 Å². The Labute approximate surface area is 255 Å². The molecule has 1 fully saturated rings. The molecule has 0 unspecified atom stereocenters. The zero-order valence-corrected chi connectivity index (χ0v) is 25.8. The van der Waals surface area contributed by atoms with E-state index in [9.17, 15) is 33.2 Å². The molecule has 0 aromatic heterocycles. The van der Waals surface area contributed by atoms with E-state index in [-0.39, 0.29) is 81.2 Å². The van der Waals surface area contributed by atoms with E-state index in [2.05, 4.69) is 15.4 Å². The second-order valence-electron chi connectivity index (χ2n) is 11.2. The molecule has 3 atom stereocenters. The predicted octanol–water partition coefficient (Wildman–Crippen LogP) is -0.776. The third-order valence-corrected chi connectivity index (χ3v) is 7.54. The van der Waals surface area contributed by atoms with Crippen LogP contribution in [0.2, 0.25) is 0 Å². The predicted molar refractivity (Wildman–Crippen MR) is 155 cm³/mol. The molecular formula is C29H41FN6O8. The van der Waals surface area contributed by atoms with Crippen LogP contribution in [0.15, 0.2) is 18.2 Å². The van der Waals surface area contributed by atoms with Crippen LogP contribution in [-0.2, 0) is 28.7 Å². The number of methoxy groups -OCH3 is 1. The van der Waals surface area contributed by atoms with Gasteiger partial charge in [-0.25, -0.2) is 4.39 Å². The maximum Gasteiger partial charge on any atom is 0.307 e. The number of carbonyl (C=O) groups excluding carboxylic acids is 6. The molecule has 1 aromatic carbocycles. The SMILES string of the molecule is COC(=O)CCNC(=O)[C@@H]1CCC(=O)N(C)CC(=O)N2C[C@@H](NC(=O)CN(C)C)C[C@H]2COc2ccc(F)cc2C(=O)N1C. The average molecular weight is 621 g/mol. The summed E-state index contributed by atoms with van der Waals surface area (Å²) in [4.78, 5) is 82.8. The molecule has 3 rings (SSSR count). The maximum absolute atomic E-state index is 14.4. The fourth-order valence-corrected chi connectivity index (χ4v) is 5.20. The molecular weight excluding hydrogens is 579 g/mol. The lowest BCUT2D eigenvalue weighted by Gasteiger charge is -2.28. The molecule has 0 aliphatic carbocycles. The van der Waals surface area contributed by atoms with Gasteiger partial charge in [0.25, 0.3) is 5.91 Å². The monoisotopic (exact) mass is 620 g/mol. The number of esters is 1. The van der Waals surface area contributed by atoms with Crippen molar-refractivity contribution in [3.05, 3.63) is 29.6 Å². The zero-order valence-electron chi connectivity index (χ0n) is 25.8. The number of hydrogen-bond acceptors (Lipinski definition) is 9. The molecule has 2 aliphatic rings. The van der Waals surface area contributed by atoms with Gasteiger partial charge in [0.2, 0.25) is 23.6 Å². The number of amides is 5. The van der Waals surface area contributed by atoms with E-state index in [1.165, 1.54) is 32.2 Å². The van der Waals surface area contributed by atoms with Crippen molar-refractivity contribution in [2.24, 2.45) is 0 Å². The Kier molecular flexibility index (Phi) is 12.0. The van der Waals surface area contributed by atoms with Gasteiger partial charge in [-0.15, -0.1) is 0 Å². The van der Waals surface area contributed by atoms with E-state index >= 15 is 0 Å². The summed E-state index contributed by atoms with van der Waals surface area (Å²) in [6.07, 6.45) is -0.0337. The van der Waals surface area contributed by atoms with Gasteiger partial charge < -0.3 is 39.7 Å². The molecule has 2 aliphatic heterocycles. The van der Waals surface area contributed by atoms with Crippen LogP contribution in [0.5, 0.6) is 5.75 Å². The van der Waals surface area contributed by atoms with Crippen LogP contribution in [0.3, 0.4) is 0 Å². The Morgan fingerprint density at radius 1 is 1.14 bits per heavy atom. The summed E-state index contributed by atoms with van der Waals surface area (Å²) in [5.41, 5.74) is -0.148. The first kappa shape index (κ1) is 34.2. The number of rotatable bonds is 7. The zero-order chi connectivity index (χ0) is 32.6. The number of nitrogens with one attached hydrogen (secondary N) is 2. The van der Waals surface area contributed by atoms with Crippen LogP contribution in [-0.4, -0.2) is 141 Å². The van der Waals surface area contributed by atoms with Gasteiger partial charge in [0.1, 0.15) is 24.2 Å². The highest BCUT2D eigenvalue weighted by Gasteiger charge is 2.38. The number of ether oxygens (including phenoxy) is 2. The fraction of sp³-hybridized carbons (Fsp3) is 0.586. The smallest absolute Gasteiger partial charge is 0.307 e. The fourth-order valence-electron chi connectivity index (χ4n) is 5.20. The van der Waals surface area contributed by atoms with Crippen molar-refractivity contribution in [3.8, 4) is 5.75 Å². The first-order valence-corrected chi connectivity index (χ1v) is 14.3. The Balaban J connectivity index is 1.91. The van der Waals surface area contributed by atoms with Gasteiger partial charge in [-0.2, -0.15) is 0 Å². The summed E-state index contributed by atoms with van der Waals surface area (Å²) < 4.78 is 25.0. The van der Waals surface area contributed by atoms with Crippen molar-refractivity contribution >= 4 is 35.5 Å². The first-order valence-electron chi connectivity index (χ1n) is 14.3. The van der Waals surface area contributed by atoms with Gasteiger partial charge in [0.05, 0.1) is 38.2 Å². The van der Waals surface area contributed by atoms with Crippen LogP contribution in [0.1, 0.15) is 36.0 Å². The summed E-state index contributed by atoms with van der Waals surface area (Å²) in [5.74, 6) is -3.55. The van der Waals surface area contributed by atoms with Crippen LogP contribution in [0.25, 0.3) is 0 Å². The van der Waals surface area contributed by atoms with E-state index < -0.39 is 41.6 Å². The lowest BCUT2D eigenvalue weighted by molar-refractivity contribution is -0.141. The topological polar surface area (TPSA) is 158 Å². The van der Waals surface area contributed by atoms with Crippen LogP contribution in [0.4, 0.5) is 4.39 Å². The largest absolute Gasteiger partial charge is 0.491 e. The molecule has 15 heteroatoms.